The second-order valence-electron chi connectivity index (χ2n) is 10.3. The Bertz CT molecular complexity index is 1450. The van der Waals surface area contributed by atoms with Crippen LogP contribution in [0.5, 0.6) is 0 Å². The largest absolute Gasteiger partial charge is 0.446 e. The third-order valence-electron chi connectivity index (χ3n) is 6.17. The Morgan fingerprint density at radius 3 is 2.45 bits per heavy atom. The molecule has 0 fully saturated rings. The van der Waals surface area contributed by atoms with Crippen LogP contribution >= 0.6 is 0 Å². The van der Waals surface area contributed by atoms with Gasteiger partial charge in [-0.25, -0.2) is 4.98 Å². The molecule has 0 saturated carbocycles. The molecule has 0 spiro atoms. The van der Waals surface area contributed by atoms with E-state index in [2.05, 4.69) is 83.1 Å². The van der Waals surface area contributed by atoms with E-state index in [1.165, 1.54) is 21.9 Å². The molecule has 5 rings (SSSR count). The van der Waals surface area contributed by atoms with Crippen molar-refractivity contribution in [2.45, 2.75) is 46.5 Å². The van der Waals surface area contributed by atoms with Crippen LogP contribution in [0, 0.1) is 5.92 Å². The first-order valence-electron chi connectivity index (χ1n) is 11.7. The van der Waals surface area contributed by atoms with E-state index in [4.69, 9.17) is 14.4 Å². The van der Waals surface area contributed by atoms with Gasteiger partial charge in [-0.15, -0.1) is 0 Å². The topological polar surface area (TPSA) is 38.9 Å². The molecule has 0 aliphatic rings. The molecule has 0 aliphatic carbocycles. The predicted molar refractivity (Wildman–Crippen MR) is 137 cm³/mol. The number of rotatable bonds is 4. The number of pyridine rings is 2. The van der Waals surface area contributed by atoms with Crippen molar-refractivity contribution in [1.82, 2.24) is 9.97 Å². The fourth-order valence-electron chi connectivity index (χ4n) is 4.60. The third-order valence-corrected chi connectivity index (χ3v) is 6.17. The van der Waals surface area contributed by atoms with E-state index in [1.54, 1.807) is 6.26 Å². The smallest absolute Gasteiger partial charge is 0.226 e. The molecule has 0 saturated heterocycles. The average molecular weight is 435 g/mol. The molecule has 33 heavy (non-hydrogen) atoms. The molecule has 166 valence electrons. The highest BCUT2D eigenvalue weighted by molar-refractivity contribution is 5.91. The summed E-state index contributed by atoms with van der Waals surface area (Å²) in [6, 6.07) is 21.5. The van der Waals surface area contributed by atoms with Crippen molar-refractivity contribution in [3.63, 3.8) is 0 Å². The minimum Gasteiger partial charge on any atom is -0.446 e. The molecule has 0 radical (unpaired) electrons. The Labute approximate surface area is 195 Å². The molecule has 3 heteroatoms. The summed E-state index contributed by atoms with van der Waals surface area (Å²) in [4.78, 5) is 9.56. The van der Waals surface area contributed by atoms with Gasteiger partial charge in [-0.2, -0.15) is 0 Å². The lowest BCUT2D eigenvalue weighted by atomic mass is 9.82. The van der Waals surface area contributed by atoms with Gasteiger partial charge in [0.25, 0.3) is 0 Å². The van der Waals surface area contributed by atoms with E-state index >= 15 is 0 Å². The van der Waals surface area contributed by atoms with E-state index in [0.29, 0.717) is 11.6 Å². The van der Waals surface area contributed by atoms with Crippen LogP contribution in [0.3, 0.4) is 0 Å². The van der Waals surface area contributed by atoms with Crippen LogP contribution in [0.25, 0.3) is 44.4 Å². The van der Waals surface area contributed by atoms with Gasteiger partial charge in [0.1, 0.15) is 0 Å². The molecule has 3 heterocycles. The first-order chi connectivity index (χ1) is 15.8. The van der Waals surface area contributed by atoms with E-state index in [1.807, 2.05) is 18.3 Å². The van der Waals surface area contributed by atoms with E-state index < -0.39 is 0 Å². The van der Waals surface area contributed by atoms with Crippen molar-refractivity contribution >= 4 is 21.9 Å². The summed E-state index contributed by atoms with van der Waals surface area (Å²) in [7, 11) is 0. The van der Waals surface area contributed by atoms with Gasteiger partial charge in [0.2, 0.25) is 5.71 Å². The number of nitrogens with zero attached hydrogens (tertiary/aromatic N) is 2. The second-order valence-corrected chi connectivity index (χ2v) is 10.3. The zero-order valence-corrected chi connectivity index (χ0v) is 20.0. The first kappa shape index (κ1) is 21.4. The average Bonchev–Trinajstić information content (AvgIpc) is 3.26. The van der Waals surface area contributed by atoms with Crippen molar-refractivity contribution in [2.24, 2.45) is 5.92 Å². The van der Waals surface area contributed by atoms with Crippen molar-refractivity contribution in [3.05, 3.63) is 84.3 Å². The molecule has 0 bridgehead atoms. The Balaban J connectivity index is 1.65. The maximum absolute atomic E-state index is 5.69. The number of hydrogen-bond donors (Lipinski definition) is 0. The summed E-state index contributed by atoms with van der Waals surface area (Å²) >= 11 is 0. The number of furan rings is 1. The van der Waals surface area contributed by atoms with Gasteiger partial charge in [-0.1, -0.05) is 58.9 Å². The minimum absolute atomic E-state index is 0.0326. The number of benzene rings is 2. The second kappa shape index (κ2) is 8.15. The third kappa shape index (κ3) is 4.16. The van der Waals surface area contributed by atoms with E-state index in [9.17, 15) is 0 Å². The van der Waals surface area contributed by atoms with Crippen LogP contribution in [0.15, 0.2) is 77.5 Å². The summed E-state index contributed by atoms with van der Waals surface area (Å²) in [6.07, 6.45) is 4.60. The number of fused-ring (bicyclic) bond motifs is 2. The lowest BCUT2D eigenvalue weighted by molar-refractivity contribution is 0.596. The fraction of sp³-hybridized carbons (Fsp3) is 0.267. The molecule has 0 aliphatic heterocycles. The van der Waals surface area contributed by atoms with Gasteiger partial charge >= 0.3 is 0 Å². The Morgan fingerprint density at radius 2 is 1.67 bits per heavy atom. The SMILES string of the molecule is CC(C)Cc1cc(-c2ccnc(-c3cc(C(C)(C)C)c4ccccc4c3)c2)nc2occc12. The van der Waals surface area contributed by atoms with Gasteiger partial charge in [-0.3, -0.25) is 4.98 Å². The van der Waals surface area contributed by atoms with Crippen LogP contribution in [0.4, 0.5) is 0 Å². The predicted octanol–water partition coefficient (Wildman–Crippen LogP) is 8.21. The standard InChI is InChI=1S/C30H30N2O/c1-19(2)14-22-18-28(32-29-25(22)11-13-33-29)21-10-12-31-27(17-21)23-15-20-8-6-7-9-24(20)26(16-23)30(3,4)5/h6-13,15-19H,14H2,1-5H3. The highest BCUT2D eigenvalue weighted by Gasteiger charge is 2.19. The highest BCUT2D eigenvalue weighted by atomic mass is 16.3. The van der Waals surface area contributed by atoms with Crippen molar-refractivity contribution in [3.8, 4) is 22.5 Å². The molecule has 0 unspecified atom stereocenters. The maximum Gasteiger partial charge on any atom is 0.226 e. The van der Waals surface area contributed by atoms with E-state index in [-0.39, 0.29) is 5.41 Å². The highest BCUT2D eigenvalue weighted by Crippen LogP contribution is 2.35. The van der Waals surface area contributed by atoms with Gasteiger partial charge in [0.15, 0.2) is 0 Å². The Hall–Kier alpha value is -3.46. The lowest BCUT2D eigenvalue weighted by Crippen LogP contribution is -2.12. The Morgan fingerprint density at radius 1 is 0.848 bits per heavy atom. The van der Waals surface area contributed by atoms with Crippen LogP contribution in [0.2, 0.25) is 0 Å². The quantitative estimate of drug-likeness (QED) is 0.286. The van der Waals surface area contributed by atoms with Gasteiger partial charge in [0, 0.05) is 22.7 Å². The molecular weight excluding hydrogens is 404 g/mol. The van der Waals surface area contributed by atoms with Gasteiger partial charge in [0.05, 0.1) is 17.7 Å². The monoisotopic (exact) mass is 434 g/mol. The first-order valence-corrected chi connectivity index (χ1v) is 11.7. The zero-order chi connectivity index (χ0) is 23.2. The van der Waals surface area contributed by atoms with Gasteiger partial charge < -0.3 is 4.42 Å². The number of hydrogen-bond acceptors (Lipinski definition) is 3. The van der Waals surface area contributed by atoms with Crippen LogP contribution in [0.1, 0.15) is 45.7 Å². The summed E-state index contributed by atoms with van der Waals surface area (Å²) in [5.41, 5.74) is 7.39. The fourth-order valence-corrected chi connectivity index (χ4v) is 4.60. The van der Waals surface area contributed by atoms with Crippen LogP contribution in [-0.4, -0.2) is 9.97 Å². The van der Waals surface area contributed by atoms with Crippen LogP contribution < -0.4 is 0 Å². The van der Waals surface area contributed by atoms with Crippen molar-refractivity contribution in [1.29, 1.82) is 0 Å². The molecule has 0 atom stereocenters. The lowest BCUT2D eigenvalue weighted by Gasteiger charge is -2.22. The van der Waals surface area contributed by atoms with Gasteiger partial charge in [-0.05, 0) is 76.1 Å². The normalized spacial score (nSPS) is 12.2. The number of aromatic nitrogens is 2. The zero-order valence-electron chi connectivity index (χ0n) is 20.0. The molecule has 0 N–H and O–H groups in total. The molecular formula is C30H30N2O. The van der Waals surface area contributed by atoms with E-state index in [0.717, 1.165) is 34.3 Å². The molecule has 3 nitrogen and oxygen atoms in total. The molecule has 2 aromatic carbocycles. The summed E-state index contributed by atoms with van der Waals surface area (Å²) in [5.74, 6) is 0.555. The molecule has 5 aromatic rings. The maximum atomic E-state index is 5.69. The van der Waals surface area contributed by atoms with Crippen LogP contribution in [-0.2, 0) is 11.8 Å². The van der Waals surface area contributed by atoms with Crippen molar-refractivity contribution in [2.75, 3.05) is 0 Å². The molecule has 3 aromatic heterocycles. The molecule has 0 amide bonds. The van der Waals surface area contributed by atoms with Crippen molar-refractivity contribution < 1.29 is 4.42 Å². The summed E-state index contributed by atoms with van der Waals surface area (Å²) in [5, 5.41) is 3.64. The summed E-state index contributed by atoms with van der Waals surface area (Å²) in [6.45, 7) is 11.3. The summed E-state index contributed by atoms with van der Waals surface area (Å²) < 4.78 is 5.69. The Kier molecular flexibility index (Phi) is 5.28. The minimum atomic E-state index is 0.0326.